The average Bonchev–Trinajstić information content (AvgIpc) is 2.15. The van der Waals surface area contributed by atoms with E-state index in [1.165, 1.54) is 0 Å². The standard InChI is InChI=1S/C12H18F2N2/c1-7-4-8(2)10(9(3)5-7)6-11(16-15)12(13)14/h4-5,11-12,16H,6,15H2,1-3H3. The Labute approximate surface area is 94.8 Å². The lowest BCUT2D eigenvalue weighted by atomic mass is 9.95. The molecule has 16 heavy (non-hydrogen) atoms. The normalized spacial score (nSPS) is 13.2. The maximum absolute atomic E-state index is 12.6. The monoisotopic (exact) mass is 228 g/mol. The summed E-state index contributed by atoms with van der Waals surface area (Å²) in [5, 5.41) is 0. The van der Waals surface area contributed by atoms with Crippen LogP contribution in [0, 0.1) is 20.8 Å². The highest BCUT2D eigenvalue weighted by Crippen LogP contribution is 2.19. The number of hydrogen-bond acceptors (Lipinski definition) is 2. The van der Waals surface area contributed by atoms with Crippen molar-refractivity contribution in [3.63, 3.8) is 0 Å². The van der Waals surface area contributed by atoms with E-state index in [9.17, 15) is 8.78 Å². The maximum atomic E-state index is 12.6. The van der Waals surface area contributed by atoms with Gasteiger partial charge in [0.2, 0.25) is 0 Å². The van der Waals surface area contributed by atoms with Gasteiger partial charge in [0.15, 0.2) is 0 Å². The minimum atomic E-state index is -2.45. The Morgan fingerprint density at radius 3 is 2.06 bits per heavy atom. The van der Waals surface area contributed by atoms with Gasteiger partial charge in [-0.2, -0.15) is 0 Å². The molecular weight excluding hydrogens is 210 g/mol. The molecule has 1 aromatic rings. The number of benzene rings is 1. The number of rotatable bonds is 4. The van der Waals surface area contributed by atoms with Gasteiger partial charge < -0.3 is 0 Å². The molecule has 2 nitrogen and oxygen atoms in total. The molecule has 1 aromatic carbocycles. The summed E-state index contributed by atoms with van der Waals surface area (Å²) in [6.45, 7) is 5.87. The summed E-state index contributed by atoms with van der Waals surface area (Å²) in [5.74, 6) is 5.12. The third kappa shape index (κ3) is 3.00. The molecule has 4 heteroatoms. The fourth-order valence-electron chi connectivity index (χ4n) is 1.97. The van der Waals surface area contributed by atoms with Crippen LogP contribution in [0.1, 0.15) is 22.3 Å². The van der Waals surface area contributed by atoms with Crippen molar-refractivity contribution < 1.29 is 8.78 Å². The van der Waals surface area contributed by atoms with Crippen molar-refractivity contribution in [2.75, 3.05) is 0 Å². The molecule has 0 saturated carbocycles. The van der Waals surface area contributed by atoms with Gasteiger partial charge >= 0.3 is 0 Å². The van der Waals surface area contributed by atoms with E-state index in [0.717, 1.165) is 22.3 Å². The van der Waals surface area contributed by atoms with Gasteiger partial charge in [-0.05, 0) is 43.9 Å². The molecule has 0 aliphatic rings. The van der Waals surface area contributed by atoms with Crippen LogP contribution in [0.25, 0.3) is 0 Å². The number of alkyl halides is 2. The molecule has 1 atom stereocenters. The van der Waals surface area contributed by atoms with Gasteiger partial charge in [-0.3, -0.25) is 11.3 Å². The second-order valence-corrected chi connectivity index (χ2v) is 4.19. The summed E-state index contributed by atoms with van der Waals surface area (Å²) in [6.07, 6.45) is -2.20. The first-order valence-electron chi connectivity index (χ1n) is 5.26. The number of hydrogen-bond donors (Lipinski definition) is 2. The van der Waals surface area contributed by atoms with E-state index in [0.29, 0.717) is 0 Å². The highest BCUT2D eigenvalue weighted by Gasteiger charge is 2.20. The Balaban J connectivity index is 2.96. The van der Waals surface area contributed by atoms with Crippen molar-refractivity contribution in [2.45, 2.75) is 39.7 Å². The highest BCUT2D eigenvalue weighted by atomic mass is 19.3. The van der Waals surface area contributed by atoms with Gasteiger partial charge in [0, 0.05) is 0 Å². The second-order valence-electron chi connectivity index (χ2n) is 4.19. The summed E-state index contributed by atoms with van der Waals surface area (Å²) in [4.78, 5) is 0. The Morgan fingerprint density at radius 2 is 1.69 bits per heavy atom. The van der Waals surface area contributed by atoms with E-state index in [4.69, 9.17) is 5.84 Å². The molecule has 0 heterocycles. The van der Waals surface area contributed by atoms with Crippen LogP contribution in [-0.2, 0) is 6.42 Å². The predicted molar refractivity (Wildman–Crippen MR) is 61.5 cm³/mol. The molecule has 0 aliphatic heterocycles. The smallest absolute Gasteiger partial charge is 0.255 e. The maximum Gasteiger partial charge on any atom is 0.255 e. The first kappa shape index (κ1) is 13.1. The van der Waals surface area contributed by atoms with Crippen LogP contribution >= 0.6 is 0 Å². The van der Waals surface area contributed by atoms with Crippen LogP contribution in [0.4, 0.5) is 8.78 Å². The van der Waals surface area contributed by atoms with Gasteiger partial charge in [0.25, 0.3) is 6.43 Å². The van der Waals surface area contributed by atoms with Gasteiger partial charge in [0.05, 0.1) is 6.04 Å². The minimum absolute atomic E-state index is 0.256. The predicted octanol–water partition coefficient (Wildman–Crippen LogP) is 2.25. The molecule has 0 saturated heterocycles. The van der Waals surface area contributed by atoms with Crippen LogP contribution in [0.5, 0.6) is 0 Å². The first-order chi connectivity index (χ1) is 7.45. The van der Waals surface area contributed by atoms with Crippen LogP contribution in [0.3, 0.4) is 0 Å². The van der Waals surface area contributed by atoms with Gasteiger partial charge in [-0.1, -0.05) is 17.7 Å². The van der Waals surface area contributed by atoms with Crippen LogP contribution < -0.4 is 11.3 Å². The van der Waals surface area contributed by atoms with E-state index >= 15 is 0 Å². The van der Waals surface area contributed by atoms with E-state index < -0.39 is 12.5 Å². The Bertz CT molecular complexity index is 341. The number of nitrogens with two attached hydrogens (primary N) is 1. The summed E-state index contributed by atoms with van der Waals surface area (Å²) in [7, 11) is 0. The van der Waals surface area contributed by atoms with Crippen molar-refractivity contribution in [3.05, 3.63) is 34.4 Å². The van der Waals surface area contributed by atoms with Crippen molar-refractivity contribution in [2.24, 2.45) is 5.84 Å². The molecule has 90 valence electrons. The summed E-state index contributed by atoms with van der Waals surface area (Å²) < 4.78 is 25.2. The van der Waals surface area contributed by atoms with Gasteiger partial charge in [-0.25, -0.2) is 8.78 Å². The second kappa shape index (κ2) is 5.37. The van der Waals surface area contributed by atoms with Crippen LogP contribution in [0.2, 0.25) is 0 Å². The third-order valence-electron chi connectivity index (χ3n) is 2.78. The van der Waals surface area contributed by atoms with Crippen molar-refractivity contribution in [1.29, 1.82) is 0 Å². The number of aryl methyl sites for hydroxylation is 3. The molecule has 0 bridgehead atoms. The Kier molecular flexibility index (Phi) is 4.38. The molecule has 3 N–H and O–H groups in total. The molecule has 0 aliphatic carbocycles. The molecule has 0 amide bonds. The zero-order valence-electron chi connectivity index (χ0n) is 9.85. The van der Waals surface area contributed by atoms with Crippen LogP contribution in [-0.4, -0.2) is 12.5 Å². The number of halogens is 2. The molecule has 1 unspecified atom stereocenters. The van der Waals surface area contributed by atoms with Crippen LogP contribution in [0.15, 0.2) is 12.1 Å². The summed E-state index contributed by atoms with van der Waals surface area (Å²) in [6, 6.07) is 3.02. The topological polar surface area (TPSA) is 38.0 Å². The molecule has 0 fully saturated rings. The lowest BCUT2D eigenvalue weighted by Crippen LogP contribution is -2.42. The van der Waals surface area contributed by atoms with Gasteiger partial charge in [0.1, 0.15) is 0 Å². The zero-order chi connectivity index (χ0) is 12.3. The molecule has 0 aromatic heterocycles. The van der Waals surface area contributed by atoms with Crippen molar-refractivity contribution in [3.8, 4) is 0 Å². The van der Waals surface area contributed by atoms with Crippen molar-refractivity contribution >= 4 is 0 Å². The fourth-order valence-corrected chi connectivity index (χ4v) is 1.97. The van der Waals surface area contributed by atoms with E-state index in [1.807, 2.05) is 32.9 Å². The van der Waals surface area contributed by atoms with E-state index in [1.54, 1.807) is 0 Å². The molecule has 0 radical (unpaired) electrons. The fraction of sp³-hybridized carbons (Fsp3) is 0.500. The third-order valence-corrected chi connectivity index (χ3v) is 2.78. The van der Waals surface area contributed by atoms with E-state index in [2.05, 4.69) is 5.43 Å². The first-order valence-corrected chi connectivity index (χ1v) is 5.26. The zero-order valence-corrected chi connectivity index (χ0v) is 9.85. The van der Waals surface area contributed by atoms with E-state index in [-0.39, 0.29) is 6.42 Å². The number of nitrogens with one attached hydrogen (secondary N) is 1. The Morgan fingerprint density at radius 1 is 1.19 bits per heavy atom. The summed E-state index contributed by atoms with van der Waals surface area (Å²) in [5.41, 5.74) is 6.35. The Hall–Kier alpha value is -1.00. The minimum Gasteiger partial charge on any atom is -0.271 e. The highest BCUT2D eigenvalue weighted by molar-refractivity contribution is 5.38. The SMILES string of the molecule is Cc1cc(C)c(CC(NN)C(F)F)c(C)c1. The number of hydrazine groups is 1. The molecule has 0 spiro atoms. The quantitative estimate of drug-likeness (QED) is 0.612. The largest absolute Gasteiger partial charge is 0.271 e. The summed E-state index contributed by atoms with van der Waals surface area (Å²) >= 11 is 0. The van der Waals surface area contributed by atoms with Crippen molar-refractivity contribution in [1.82, 2.24) is 5.43 Å². The lowest BCUT2D eigenvalue weighted by molar-refractivity contribution is 0.0983. The lowest BCUT2D eigenvalue weighted by Gasteiger charge is -2.18. The molecular formula is C12H18F2N2. The molecule has 1 rings (SSSR count). The van der Waals surface area contributed by atoms with Gasteiger partial charge in [-0.15, -0.1) is 0 Å². The average molecular weight is 228 g/mol.